The summed E-state index contributed by atoms with van der Waals surface area (Å²) in [7, 11) is 3.02. The minimum absolute atomic E-state index is 0.154. The van der Waals surface area contributed by atoms with Gasteiger partial charge in [-0.1, -0.05) is 23.2 Å². The smallest absolute Gasteiger partial charge is 0.226 e. The van der Waals surface area contributed by atoms with E-state index in [0.29, 0.717) is 33.8 Å². The molecule has 0 bridgehead atoms. The van der Waals surface area contributed by atoms with Crippen LogP contribution in [-0.2, 0) is 4.79 Å². The molecular weight excluding hydrogens is 351 g/mol. The molecule has 2 aromatic carbocycles. The van der Waals surface area contributed by atoms with Crippen LogP contribution in [0.2, 0.25) is 10.0 Å². The van der Waals surface area contributed by atoms with Crippen LogP contribution in [0, 0.1) is 0 Å². The van der Waals surface area contributed by atoms with Crippen molar-refractivity contribution in [2.24, 2.45) is 0 Å². The summed E-state index contributed by atoms with van der Waals surface area (Å²) in [5, 5.41) is 7.03. The lowest BCUT2D eigenvalue weighted by atomic mass is 10.2. The van der Waals surface area contributed by atoms with E-state index in [1.165, 1.54) is 14.2 Å². The first-order valence-corrected chi connectivity index (χ1v) is 8.00. The van der Waals surface area contributed by atoms with Gasteiger partial charge in [0.2, 0.25) is 5.91 Å². The van der Waals surface area contributed by atoms with Gasteiger partial charge in [0, 0.05) is 35.8 Å². The van der Waals surface area contributed by atoms with Crippen molar-refractivity contribution in [3.8, 4) is 11.5 Å². The Labute approximate surface area is 150 Å². The zero-order valence-electron chi connectivity index (χ0n) is 13.4. The van der Waals surface area contributed by atoms with Gasteiger partial charge in [-0.25, -0.2) is 0 Å². The van der Waals surface area contributed by atoms with E-state index in [-0.39, 0.29) is 12.3 Å². The monoisotopic (exact) mass is 368 g/mol. The van der Waals surface area contributed by atoms with E-state index in [1.807, 2.05) is 12.1 Å². The van der Waals surface area contributed by atoms with Gasteiger partial charge in [0.15, 0.2) is 0 Å². The molecule has 0 spiro atoms. The number of anilines is 2. The summed E-state index contributed by atoms with van der Waals surface area (Å²) < 4.78 is 10.4. The summed E-state index contributed by atoms with van der Waals surface area (Å²) in [6.07, 6.45) is 0.288. The first-order chi connectivity index (χ1) is 11.5. The Morgan fingerprint density at radius 3 is 2.33 bits per heavy atom. The highest BCUT2D eigenvalue weighted by Crippen LogP contribution is 2.35. The molecule has 0 unspecified atom stereocenters. The molecule has 0 aliphatic carbocycles. The number of carbonyl (C=O) groups excluding carboxylic acids is 1. The van der Waals surface area contributed by atoms with Crippen molar-refractivity contribution in [1.29, 1.82) is 0 Å². The quantitative estimate of drug-likeness (QED) is 0.757. The Morgan fingerprint density at radius 1 is 1.04 bits per heavy atom. The molecule has 0 aromatic heterocycles. The number of ether oxygens (including phenoxy) is 2. The molecule has 2 rings (SSSR count). The minimum Gasteiger partial charge on any atom is -0.495 e. The van der Waals surface area contributed by atoms with E-state index < -0.39 is 0 Å². The van der Waals surface area contributed by atoms with Crippen molar-refractivity contribution in [2.75, 3.05) is 31.4 Å². The normalized spacial score (nSPS) is 10.2. The molecule has 5 nitrogen and oxygen atoms in total. The first kappa shape index (κ1) is 18.2. The molecule has 0 heterocycles. The average Bonchev–Trinajstić information content (AvgIpc) is 2.57. The molecule has 7 heteroatoms. The Bertz CT molecular complexity index is 706. The third-order valence-electron chi connectivity index (χ3n) is 3.27. The molecule has 0 fully saturated rings. The maximum Gasteiger partial charge on any atom is 0.226 e. The molecule has 0 aliphatic rings. The highest BCUT2D eigenvalue weighted by Gasteiger charge is 2.12. The molecule has 24 heavy (non-hydrogen) atoms. The summed E-state index contributed by atoms with van der Waals surface area (Å²) in [5.41, 5.74) is 1.41. The fourth-order valence-corrected chi connectivity index (χ4v) is 2.42. The van der Waals surface area contributed by atoms with Crippen molar-refractivity contribution in [2.45, 2.75) is 6.42 Å². The van der Waals surface area contributed by atoms with Crippen molar-refractivity contribution in [3.63, 3.8) is 0 Å². The topological polar surface area (TPSA) is 59.6 Å². The van der Waals surface area contributed by atoms with Crippen LogP contribution in [0.3, 0.4) is 0 Å². The van der Waals surface area contributed by atoms with Gasteiger partial charge in [0.25, 0.3) is 0 Å². The largest absolute Gasteiger partial charge is 0.495 e. The van der Waals surface area contributed by atoms with Gasteiger partial charge >= 0.3 is 0 Å². The van der Waals surface area contributed by atoms with Gasteiger partial charge in [0.1, 0.15) is 11.5 Å². The lowest BCUT2D eigenvalue weighted by Crippen LogP contribution is -2.16. The molecule has 2 aromatic rings. The molecule has 0 atom stereocenters. The summed E-state index contributed by atoms with van der Waals surface area (Å²) in [4.78, 5) is 12.1. The molecule has 0 aliphatic heterocycles. The van der Waals surface area contributed by atoms with Crippen molar-refractivity contribution in [1.82, 2.24) is 0 Å². The zero-order chi connectivity index (χ0) is 17.5. The molecule has 1 amide bonds. The number of nitrogens with one attached hydrogen (secondary N) is 2. The standard InChI is InChI=1S/C17H18Cl2N2O3/c1-23-15-10-14(16(24-2)9-13(15)19)21-17(22)7-8-20-12-5-3-11(18)4-6-12/h3-6,9-10,20H,7-8H2,1-2H3,(H,21,22). The predicted octanol–water partition coefficient (Wildman–Crippen LogP) is 4.45. The van der Waals surface area contributed by atoms with Gasteiger partial charge < -0.3 is 20.1 Å². The third-order valence-corrected chi connectivity index (χ3v) is 3.82. The lowest BCUT2D eigenvalue weighted by Gasteiger charge is -2.13. The van der Waals surface area contributed by atoms with Gasteiger partial charge in [-0.2, -0.15) is 0 Å². The van der Waals surface area contributed by atoms with Gasteiger partial charge in [-0.3, -0.25) is 4.79 Å². The zero-order valence-corrected chi connectivity index (χ0v) is 14.9. The van der Waals surface area contributed by atoms with Crippen LogP contribution in [0.5, 0.6) is 11.5 Å². The Balaban J connectivity index is 1.93. The maximum absolute atomic E-state index is 12.1. The predicted molar refractivity (Wildman–Crippen MR) is 97.7 cm³/mol. The Morgan fingerprint density at radius 2 is 1.71 bits per heavy atom. The van der Waals surface area contributed by atoms with Gasteiger partial charge in [0.05, 0.1) is 24.9 Å². The van der Waals surface area contributed by atoms with Crippen LogP contribution >= 0.6 is 23.2 Å². The van der Waals surface area contributed by atoms with Crippen LogP contribution < -0.4 is 20.1 Å². The number of hydrogen-bond acceptors (Lipinski definition) is 4. The van der Waals surface area contributed by atoms with Crippen LogP contribution in [0.15, 0.2) is 36.4 Å². The van der Waals surface area contributed by atoms with Crippen LogP contribution in [0.4, 0.5) is 11.4 Å². The summed E-state index contributed by atoms with van der Waals surface area (Å²) in [5.74, 6) is 0.783. The average molecular weight is 369 g/mol. The van der Waals surface area contributed by atoms with E-state index in [4.69, 9.17) is 32.7 Å². The molecule has 128 valence electrons. The highest BCUT2D eigenvalue weighted by atomic mass is 35.5. The number of methoxy groups -OCH3 is 2. The number of carbonyl (C=O) groups is 1. The molecule has 0 radical (unpaired) electrons. The highest BCUT2D eigenvalue weighted by molar-refractivity contribution is 6.32. The third kappa shape index (κ3) is 4.94. The Kier molecular flexibility index (Phi) is 6.58. The maximum atomic E-state index is 12.1. The summed E-state index contributed by atoms with van der Waals surface area (Å²) >= 11 is 11.9. The summed E-state index contributed by atoms with van der Waals surface area (Å²) in [6.45, 7) is 0.487. The van der Waals surface area contributed by atoms with Crippen LogP contribution in [-0.4, -0.2) is 26.7 Å². The van der Waals surface area contributed by atoms with E-state index in [1.54, 1.807) is 24.3 Å². The van der Waals surface area contributed by atoms with Gasteiger partial charge in [-0.15, -0.1) is 0 Å². The van der Waals surface area contributed by atoms with Crippen molar-refractivity contribution in [3.05, 3.63) is 46.4 Å². The fourth-order valence-electron chi connectivity index (χ4n) is 2.06. The molecule has 2 N–H and O–H groups in total. The lowest BCUT2D eigenvalue weighted by molar-refractivity contribution is -0.115. The second-order valence-electron chi connectivity index (χ2n) is 4.92. The SMILES string of the molecule is COc1cc(NC(=O)CCNc2ccc(Cl)cc2)c(OC)cc1Cl. The second kappa shape index (κ2) is 8.66. The van der Waals surface area contributed by atoms with Gasteiger partial charge in [-0.05, 0) is 24.3 Å². The molecule has 0 saturated carbocycles. The number of benzene rings is 2. The van der Waals surface area contributed by atoms with Crippen molar-refractivity contribution >= 4 is 40.5 Å². The molecule has 0 saturated heterocycles. The van der Waals surface area contributed by atoms with E-state index >= 15 is 0 Å². The second-order valence-corrected chi connectivity index (χ2v) is 5.76. The number of amides is 1. The van der Waals surface area contributed by atoms with E-state index in [2.05, 4.69) is 10.6 Å². The minimum atomic E-state index is -0.154. The van der Waals surface area contributed by atoms with Crippen molar-refractivity contribution < 1.29 is 14.3 Å². The molecular formula is C17H18Cl2N2O3. The van der Waals surface area contributed by atoms with E-state index in [0.717, 1.165) is 5.69 Å². The first-order valence-electron chi connectivity index (χ1n) is 7.24. The number of halogens is 2. The van der Waals surface area contributed by atoms with Crippen LogP contribution in [0.1, 0.15) is 6.42 Å². The van der Waals surface area contributed by atoms with Crippen LogP contribution in [0.25, 0.3) is 0 Å². The summed E-state index contributed by atoms with van der Waals surface area (Å²) in [6, 6.07) is 10.5. The van der Waals surface area contributed by atoms with E-state index in [9.17, 15) is 4.79 Å². The Hall–Kier alpha value is -2.11. The fraction of sp³-hybridized carbons (Fsp3) is 0.235. The number of hydrogen-bond donors (Lipinski definition) is 2. The number of rotatable bonds is 7.